The van der Waals surface area contributed by atoms with E-state index >= 15 is 0 Å². The summed E-state index contributed by atoms with van der Waals surface area (Å²) in [6, 6.07) is 38.6. The number of carbonyl (C=O) groups is 8. The fourth-order valence-corrected chi connectivity index (χ4v) is 9.45. The molecule has 5 N–H and O–H groups in total. The van der Waals surface area contributed by atoms with Crippen LogP contribution < -0.4 is 17.3 Å². The van der Waals surface area contributed by atoms with Gasteiger partial charge >= 0.3 is 23.9 Å². The minimum atomic E-state index is -3.54. The van der Waals surface area contributed by atoms with E-state index in [9.17, 15) is 46.8 Å². The Kier molecular flexibility index (Phi) is 25.9. The highest BCUT2D eigenvalue weighted by molar-refractivity contribution is 7.99. The van der Waals surface area contributed by atoms with Crippen LogP contribution in [0.1, 0.15) is 139 Å². The fourth-order valence-electron chi connectivity index (χ4n) is 7.36. The zero-order valence-electron chi connectivity index (χ0n) is 42.2. The molecule has 1 saturated heterocycles. The van der Waals surface area contributed by atoms with Gasteiger partial charge in [0.1, 0.15) is 0 Å². The first-order chi connectivity index (χ1) is 35.6. The standard InChI is InChI=1S/C17H16O5S.C17H16O3S.C15H19NO3.C9H8O3.ClH/c1-12-5-7-15(8-6-12)23(21,22)10-9-16(18)13-3-2-4-14(11-13)17(19)20;1-12-5-7-15(8-6-12)21-10-9-16(18)13-3-2-4-14(11-13)17(19)20;17-14(7-10-16-8-2-1-3-9-16)12-5-4-6-13(11-12)15(18)19;1-6(10)7-3-2-4-8(5-7)9(11)12;/h2-8,11H,9-10H2,1H3,(H,19,20);2-8,11H,9-10H2,1H3,(H,19,20);4-6,11H,1-3,7-10H2,(H,18,19);2-5H,1H3,(H,11,12);1H. The third-order valence-corrected chi connectivity index (χ3v) is 14.4. The molecular formula is C58H60ClNO14S2. The number of carboxylic acids is 4. The van der Waals surface area contributed by atoms with E-state index in [1.165, 1.54) is 109 Å². The largest absolute Gasteiger partial charge is 1.00 e. The number of aromatic carboxylic acids is 4. The number of aryl methyl sites for hydroxylation is 2. The molecule has 0 bridgehead atoms. The number of nitrogens with one attached hydrogen (secondary N) is 1. The topological polar surface area (TPSA) is 256 Å². The second-order valence-electron chi connectivity index (χ2n) is 17.5. The summed E-state index contributed by atoms with van der Waals surface area (Å²) in [5.74, 6) is -4.30. The molecule has 6 aromatic rings. The monoisotopic (exact) mass is 1090 g/mol. The van der Waals surface area contributed by atoms with Gasteiger partial charge in [-0.05, 0) is 113 Å². The number of carboxylic acid groups (broad SMARTS) is 4. The Hall–Kier alpha value is -7.57. The third-order valence-electron chi connectivity index (χ3n) is 11.7. The second kappa shape index (κ2) is 31.3. The summed E-state index contributed by atoms with van der Waals surface area (Å²) in [7, 11) is -3.54. The van der Waals surface area contributed by atoms with Crippen LogP contribution in [0.25, 0.3) is 0 Å². The van der Waals surface area contributed by atoms with Gasteiger partial charge in [-0.25, -0.2) is 27.6 Å². The molecule has 400 valence electrons. The number of benzene rings is 6. The smallest absolute Gasteiger partial charge is 0.335 e. The van der Waals surface area contributed by atoms with E-state index in [-0.39, 0.29) is 74.6 Å². The molecule has 0 amide bonds. The minimum Gasteiger partial charge on any atom is -1.00 e. The van der Waals surface area contributed by atoms with E-state index in [1.54, 1.807) is 60.3 Å². The van der Waals surface area contributed by atoms with Crippen molar-refractivity contribution >= 4 is 68.6 Å². The van der Waals surface area contributed by atoms with Crippen molar-refractivity contribution in [2.45, 2.75) is 69.1 Å². The molecule has 0 spiro atoms. The lowest BCUT2D eigenvalue weighted by atomic mass is 10.0. The average Bonchev–Trinajstić information content (AvgIpc) is 3.41. The number of ketones is 4. The van der Waals surface area contributed by atoms with Gasteiger partial charge in [0.05, 0.1) is 59.0 Å². The fraction of sp³-hybridized carbons (Fsp3) is 0.241. The van der Waals surface area contributed by atoms with Gasteiger partial charge in [0.2, 0.25) is 0 Å². The van der Waals surface area contributed by atoms with Crippen molar-refractivity contribution in [1.82, 2.24) is 0 Å². The number of thioether (sulfide) groups is 1. The first kappa shape index (κ1) is 62.7. The number of quaternary nitrogens is 1. The number of piperidine rings is 1. The van der Waals surface area contributed by atoms with Crippen LogP contribution in [0.3, 0.4) is 0 Å². The van der Waals surface area contributed by atoms with Crippen molar-refractivity contribution < 1.29 is 84.5 Å². The number of halogens is 1. The maximum absolute atomic E-state index is 12.2. The lowest BCUT2D eigenvalue weighted by Gasteiger charge is -2.23. The van der Waals surface area contributed by atoms with Gasteiger partial charge in [-0.15, -0.1) is 11.8 Å². The van der Waals surface area contributed by atoms with Gasteiger partial charge in [0, 0.05) is 45.7 Å². The molecule has 76 heavy (non-hydrogen) atoms. The number of hydrogen-bond donors (Lipinski definition) is 5. The molecule has 7 rings (SSSR count). The highest BCUT2D eigenvalue weighted by Gasteiger charge is 2.19. The summed E-state index contributed by atoms with van der Waals surface area (Å²) in [4.78, 5) is 93.0. The normalized spacial score (nSPS) is 11.8. The molecule has 0 radical (unpaired) electrons. The third kappa shape index (κ3) is 21.3. The van der Waals surface area contributed by atoms with Gasteiger partial charge in [-0.1, -0.05) is 83.9 Å². The Morgan fingerprint density at radius 2 is 0.829 bits per heavy atom. The number of carbonyl (C=O) groups excluding carboxylic acids is 4. The Bertz CT molecular complexity index is 3070. The van der Waals surface area contributed by atoms with Crippen LogP contribution in [0.2, 0.25) is 0 Å². The molecular weight excluding hydrogens is 1030 g/mol. The lowest BCUT2D eigenvalue weighted by molar-refractivity contribution is -0.904. The predicted octanol–water partition coefficient (Wildman–Crippen LogP) is 6.42. The molecule has 15 nitrogen and oxygen atoms in total. The second-order valence-corrected chi connectivity index (χ2v) is 20.8. The molecule has 0 aromatic heterocycles. The number of Topliss-reactive ketones (excluding diaryl/α,β-unsaturated/α-hetero) is 4. The summed E-state index contributed by atoms with van der Waals surface area (Å²) in [5, 5.41) is 35.3. The van der Waals surface area contributed by atoms with Gasteiger partial charge in [0.25, 0.3) is 0 Å². The molecule has 6 aromatic carbocycles. The Balaban J connectivity index is 0.000000271. The van der Waals surface area contributed by atoms with Crippen LogP contribution in [-0.2, 0) is 9.84 Å². The van der Waals surface area contributed by atoms with Crippen molar-refractivity contribution in [3.05, 3.63) is 201 Å². The Morgan fingerprint density at radius 3 is 1.24 bits per heavy atom. The van der Waals surface area contributed by atoms with E-state index in [4.69, 9.17) is 20.4 Å². The van der Waals surface area contributed by atoms with Crippen LogP contribution in [0.4, 0.5) is 0 Å². The highest BCUT2D eigenvalue weighted by atomic mass is 35.5. The Labute approximate surface area is 452 Å². The molecule has 0 unspecified atom stereocenters. The number of hydrogen-bond acceptors (Lipinski definition) is 11. The maximum Gasteiger partial charge on any atom is 0.335 e. The van der Waals surface area contributed by atoms with Gasteiger partial charge in [-0.3, -0.25) is 19.2 Å². The van der Waals surface area contributed by atoms with Crippen LogP contribution in [0, 0.1) is 13.8 Å². The number of likely N-dealkylation sites (tertiary alicyclic amines) is 1. The number of sulfone groups is 1. The van der Waals surface area contributed by atoms with Gasteiger partial charge in [-0.2, -0.15) is 0 Å². The van der Waals surface area contributed by atoms with E-state index in [2.05, 4.69) is 0 Å². The summed E-state index contributed by atoms with van der Waals surface area (Å²) in [6.45, 7) is 8.46. The summed E-state index contributed by atoms with van der Waals surface area (Å²) in [5.41, 5.74) is 4.21. The van der Waals surface area contributed by atoms with Crippen LogP contribution in [0.15, 0.2) is 155 Å². The molecule has 0 atom stereocenters. The van der Waals surface area contributed by atoms with E-state index in [0.29, 0.717) is 35.3 Å². The van der Waals surface area contributed by atoms with Crippen molar-refractivity contribution in [2.75, 3.05) is 31.1 Å². The highest BCUT2D eigenvalue weighted by Crippen LogP contribution is 2.21. The minimum absolute atomic E-state index is 0. The molecule has 0 aliphatic carbocycles. The first-order valence-electron chi connectivity index (χ1n) is 23.9. The lowest BCUT2D eigenvalue weighted by Crippen LogP contribution is -3.12. The van der Waals surface area contributed by atoms with Crippen LogP contribution in [-0.4, -0.2) is 107 Å². The average molecular weight is 1090 g/mol. The van der Waals surface area contributed by atoms with Crippen molar-refractivity contribution in [3.63, 3.8) is 0 Å². The number of rotatable bonds is 19. The first-order valence-corrected chi connectivity index (χ1v) is 26.5. The Morgan fingerprint density at radius 1 is 0.474 bits per heavy atom. The molecule has 18 heteroatoms. The van der Waals surface area contributed by atoms with E-state index < -0.39 is 39.5 Å². The zero-order valence-corrected chi connectivity index (χ0v) is 44.6. The van der Waals surface area contributed by atoms with Crippen molar-refractivity contribution in [2.24, 2.45) is 0 Å². The van der Waals surface area contributed by atoms with Crippen LogP contribution >= 0.6 is 11.8 Å². The van der Waals surface area contributed by atoms with Gasteiger partial charge in [0.15, 0.2) is 33.0 Å². The van der Waals surface area contributed by atoms with Gasteiger partial charge < -0.3 is 37.7 Å². The van der Waals surface area contributed by atoms with Crippen molar-refractivity contribution in [1.29, 1.82) is 0 Å². The molecule has 1 fully saturated rings. The van der Waals surface area contributed by atoms with E-state index in [0.717, 1.165) is 30.1 Å². The zero-order chi connectivity index (χ0) is 55.1. The van der Waals surface area contributed by atoms with Crippen LogP contribution in [0.5, 0.6) is 0 Å². The molecule has 1 aliphatic rings. The molecule has 0 saturated carbocycles. The molecule has 1 heterocycles. The SMILES string of the molecule is CC(=O)c1cccc(C(=O)O)c1.Cc1ccc(S(=O)(=O)CCC(=O)c2cccc(C(=O)O)c2)cc1.Cc1ccc(SCCC(=O)c2cccc(C(=O)O)c2)cc1.O=C(O)c1cccc(C(=O)CC[NH+]2CCCCC2)c1.[Cl-]. The summed E-state index contributed by atoms with van der Waals surface area (Å²) >= 11 is 1.63. The van der Waals surface area contributed by atoms with Crippen molar-refractivity contribution in [3.8, 4) is 0 Å². The van der Waals surface area contributed by atoms with E-state index in [1.807, 2.05) is 38.1 Å². The maximum atomic E-state index is 12.2. The quantitative estimate of drug-likeness (QED) is 0.0434. The molecule has 1 aliphatic heterocycles. The summed E-state index contributed by atoms with van der Waals surface area (Å²) in [6.07, 6.45) is 4.49. The predicted molar refractivity (Wildman–Crippen MR) is 285 cm³/mol. The summed E-state index contributed by atoms with van der Waals surface area (Å²) < 4.78 is 24.4.